The van der Waals surface area contributed by atoms with Crippen molar-refractivity contribution in [1.29, 1.82) is 0 Å². The molecule has 14 heteroatoms. The van der Waals surface area contributed by atoms with E-state index in [0.29, 0.717) is 32.2 Å². The summed E-state index contributed by atoms with van der Waals surface area (Å²) in [5.74, 6) is -2.10. The van der Waals surface area contributed by atoms with Crippen molar-refractivity contribution in [3.63, 3.8) is 0 Å². The van der Waals surface area contributed by atoms with Crippen LogP contribution in [-0.2, 0) is 54.5 Å². The Hall–Kier alpha value is -4.76. The molecule has 0 bridgehead atoms. The molecule has 8 unspecified atom stereocenters. The summed E-state index contributed by atoms with van der Waals surface area (Å²) in [4.78, 5) is 66.6. The van der Waals surface area contributed by atoms with Crippen LogP contribution in [0, 0.1) is 17.8 Å². The fraction of sp³-hybridized carbons (Fsp3) is 0.531. The molecule has 0 aliphatic rings. The monoisotopic (exact) mass is 890 g/mol. The lowest BCUT2D eigenvalue weighted by molar-refractivity contribution is -0.131. The Morgan fingerprint density at radius 3 is 1.48 bits per heavy atom. The van der Waals surface area contributed by atoms with Gasteiger partial charge in [0, 0.05) is 19.4 Å². The third kappa shape index (κ3) is 20.5. The molecule has 13 nitrogen and oxygen atoms in total. The number of nitrogens with one attached hydrogen (secondary N) is 5. The molecule has 0 aliphatic heterocycles. The van der Waals surface area contributed by atoms with Crippen LogP contribution in [0.5, 0.6) is 0 Å². The molecule has 0 saturated heterocycles. The standard InChI is InChI=1S/C49H71N5O8S/c1-32(2)23-40(42(55)28-45(57)50-30-38-21-15-10-16-22-38)53-48(60)35(7)51-47(59)29-43(56)41(24-33(3)4)54-49(61)44(27-37-19-13-9-14-20-37)63(62)31-39(52-46(58)25-34(5)6)26-36-17-11-8-12-18-36/h8-22,32-35,39-44,55-56H,23-31H2,1-7H3,(H,50,57)(H,51,59)(H,52,58)(H,53,60)(H,54,61). The number of hydrogen-bond acceptors (Lipinski definition) is 8. The van der Waals surface area contributed by atoms with Crippen LogP contribution in [0.4, 0.5) is 0 Å². The zero-order valence-corrected chi connectivity index (χ0v) is 38.9. The Balaban J connectivity index is 1.69. The van der Waals surface area contributed by atoms with E-state index in [0.717, 1.165) is 16.7 Å². The number of benzene rings is 3. The number of aliphatic hydroxyl groups is 2. The molecule has 346 valence electrons. The van der Waals surface area contributed by atoms with Crippen LogP contribution in [0.25, 0.3) is 0 Å². The summed E-state index contributed by atoms with van der Waals surface area (Å²) in [7, 11) is 0. The van der Waals surface area contributed by atoms with Gasteiger partial charge in [-0.3, -0.25) is 24.0 Å². The molecule has 0 aromatic heterocycles. The molecule has 0 saturated carbocycles. The zero-order chi connectivity index (χ0) is 46.5. The fourth-order valence-electron chi connectivity index (χ4n) is 7.28. The van der Waals surface area contributed by atoms with Crippen LogP contribution in [-0.4, -0.2) is 91.7 Å². The van der Waals surface area contributed by atoms with Gasteiger partial charge in [-0.25, -0.2) is 0 Å². The lowest BCUT2D eigenvalue weighted by Gasteiger charge is -2.30. The van der Waals surface area contributed by atoms with Crippen molar-refractivity contribution in [2.24, 2.45) is 17.8 Å². The first-order valence-corrected chi connectivity index (χ1v) is 23.6. The van der Waals surface area contributed by atoms with Gasteiger partial charge in [0.15, 0.2) is 5.25 Å². The van der Waals surface area contributed by atoms with Gasteiger partial charge in [0.05, 0.1) is 43.2 Å². The maximum atomic E-state index is 14.3. The van der Waals surface area contributed by atoms with E-state index in [9.17, 15) is 38.7 Å². The van der Waals surface area contributed by atoms with Crippen molar-refractivity contribution in [3.8, 4) is 0 Å². The first-order chi connectivity index (χ1) is 29.9. The molecular weight excluding hydrogens is 819 g/mol. The molecule has 63 heavy (non-hydrogen) atoms. The molecule has 0 fully saturated rings. The van der Waals surface area contributed by atoms with E-state index in [1.165, 1.54) is 6.92 Å². The van der Waals surface area contributed by atoms with Crippen molar-refractivity contribution in [3.05, 3.63) is 108 Å². The summed E-state index contributed by atoms with van der Waals surface area (Å²) in [5, 5.41) is 35.6. The Morgan fingerprint density at radius 2 is 0.984 bits per heavy atom. The average Bonchev–Trinajstić information content (AvgIpc) is 3.21. The predicted octanol–water partition coefficient (Wildman–Crippen LogP) is 4.50. The highest BCUT2D eigenvalue weighted by Crippen LogP contribution is 2.19. The Labute approximate surface area is 377 Å². The van der Waals surface area contributed by atoms with Gasteiger partial charge in [0.1, 0.15) is 11.8 Å². The topological polar surface area (TPSA) is 209 Å². The number of hydrogen-bond donors (Lipinski definition) is 7. The second kappa shape index (κ2) is 27.4. The summed E-state index contributed by atoms with van der Waals surface area (Å²) < 4.78 is 14.3. The Bertz CT molecular complexity index is 1830. The first-order valence-electron chi connectivity index (χ1n) is 22.2. The van der Waals surface area contributed by atoms with Gasteiger partial charge in [-0.05, 0) is 71.8 Å². The summed E-state index contributed by atoms with van der Waals surface area (Å²) >= 11 is -1.78. The highest BCUT2D eigenvalue weighted by atomic mass is 32.2. The van der Waals surface area contributed by atoms with E-state index in [2.05, 4.69) is 26.6 Å². The van der Waals surface area contributed by atoms with E-state index in [1.54, 1.807) is 0 Å². The van der Waals surface area contributed by atoms with Gasteiger partial charge in [0.2, 0.25) is 23.6 Å². The van der Waals surface area contributed by atoms with Gasteiger partial charge in [-0.1, -0.05) is 133 Å². The minimum absolute atomic E-state index is 0.00746. The number of amides is 5. The van der Waals surface area contributed by atoms with Crippen molar-refractivity contribution < 1.29 is 38.7 Å². The quantitative estimate of drug-likeness (QED) is 0.0541. The number of carbonyl (C=O) groups is 5. The first kappa shape index (κ1) is 52.6. The average molecular weight is 890 g/mol. The molecule has 8 atom stereocenters. The molecule has 0 radical (unpaired) electrons. The van der Waals surface area contributed by atoms with E-state index in [1.807, 2.05) is 133 Å². The smallest absolute Gasteiger partial charge is 0.273 e. The van der Waals surface area contributed by atoms with Gasteiger partial charge in [-0.2, -0.15) is 0 Å². The fourth-order valence-corrected chi connectivity index (χ4v) is 8.79. The third-order valence-electron chi connectivity index (χ3n) is 10.5. The molecule has 3 aromatic carbocycles. The Kier molecular flexibility index (Phi) is 22.9. The molecule has 3 rings (SSSR count). The van der Waals surface area contributed by atoms with E-state index in [-0.39, 0.29) is 48.2 Å². The maximum absolute atomic E-state index is 14.3. The maximum Gasteiger partial charge on any atom is 0.273 e. The van der Waals surface area contributed by atoms with E-state index >= 15 is 0 Å². The normalized spacial score (nSPS) is 15.3. The molecular formula is C49H71N5O8S. The van der Waals surface area contributed by atoms with Crippen molar-refractivity contribution in [1.82, 2.24) is 26.6 Å². The summed E-state index contributed by atoms with van der Waals surface area (Å²) in [6.45, 7) is 13.4. The molecule has 5 amide bonds. The van der Waals surface area contributed by atoms with E-state index in [4.69, 9.17) is 0 Å². The highest BCUT2D eigenvalue weighted by Gasteiger charge is 2.37. The number of aliphatic hydroxyl groups excluding tert-OH is 2. The molecule has 0 spiro atoms. The van der Waals surface area contributed by atoms with Crippen molar-refractivity contribution in [2.45, 2.75) is 142 Å². The minimum atomic E-state index is -1.78. The summed E-state index contributed by atoms with van der Waals surface area (Å²) in [6.07, 6.45) is -1.68. The van der Waals surface area contributed by atoms with Crippen LogP contribution in [0.15, 0.2) is 91.0 Å². The second-order valence-corrected chi connectivity index (χ2v) is 19.5. The Morgan fingerprint density at radius 1 is 0.540 bits per heavy atom. The largest absolute Gasteiger partial charge is 0.616 e. The van der Waals surface area contributed by atoms with Crippen LogP contribution in [0.3, 0.4) is 0 Å². The van der Waals surface area contributed by atoms with Crippen LogP contribution >= 0.6 is 0 Å². The van der Waals surface area contributed by atoms with Gasteiger partial charge < -0.3 is 41.3 Å². The SMILES string of the molecule is CC(C)CC(=O)NC(Cc1ccccc1)C[S+]([O-])C(Cc1ccccc1)C(=O)NC(CC(C)C)C(O)CC(=O)NC(C)C(=O)NC(CC(C)C)C(O)CC(=O)NCc1ccccc1. The van der Waals surface area contributed by atoms with Gasteiger partial charge >= 0.3 is 0 Å². The lowest BCUT2D eigenvalue weighted by atomic mass is 9.96. The summed E-state index contributed by atoms with van der Waals surface area (Å²) in [6, 6.07) is 24.9. The van der Waals surface area contributed by atoms with E-state index < -0.39 is 76.9 Å². The molecule has 7 N–H and O–H groups in total. The number of rotatable bonds is 27. The van der Waals surface area contributed by atoms with Crippen molar-refractivity contribution >= 4 is 40.7 Å². The van der Waals surface area contributed by atoms with Crippen LogP contribution in [0.2, 0.25) is 0 Å². The molecule has 0 aliphatic carbocycles. The van der Waals surface area contributed by atoms with Crippen molar-refractivity contribution in [2.75, 3.05) is 5.75 Å². The van der Waals surface area contributed by atoms with Gasteiger partial charge in [-0.15, -0.1) is 0 Å². The zero-order valence-electron chi connectivity index (χ0n) is 38.0. The highest BCUT2D eigenvalue weighted by molar-refractivity contribution is 7.92. The predicted molar refractivity (Wildman–Crippen MR) is 248 cm³/mol. The van der Waals surface area contributed by atoms with Gasteiger partial charge in [0.25, 0.3) is 5.91 Å². The molecule has 0 heterocycles. The van der Waals surface area contributed by atoms with Crippen LogP contribution in [0.1, 0.15) is 97.3 Å². The lowest BCUT2D eigenvalue weighted by Crippen LogP contribution is -2.54. The second-order valence-electron chi connectivity index (χ2n) is 17.9. The number of carbonyl (C=O) groups excluding carboxylic acids is 5. The van der Waals surface area contributed by atoms with Crippen LogP contribution < -0.4 is 26.6 Å². The third-order valence-corrected chi connectivity index (χ3v) is 12.2. The minimum Gasteiger partial charge on any atom is -0.616 e. The summed E-state index contributed by atoms with van der Waals surface area (Å²) in [5.41, 5.74) is 2.65. The molecule has 3 aromatic rings.